The first-order valence-corrected chi connectivity index (χ1v) is 9.09. The standard InChI is InChI=1S/C23H25N3/c1-3-18-15-16-19(23(24)22(18)4-2)17-25-26(20-11-7-5-8-12-20)21-13-9-6-10-14-21/h5-17H,3-4,24H2,1-2H3. The van der Waals surface area contributed by atoms with Gasteiger partial charge in [-0.05, 0) is 48.2 Å². The number of hydrogen-bond donors (Lipinski definition) is 1. The van der Waals surface area contributed by atoms with Crippen LogP contribution in [0.4, 0.5) is 17.1 Å². The van der Waals surface area contributed by atoms with E-state index in [1.165, 1.54) is 11.1 Å². The third-order valence-corrected chi connectivity index (χ3v) is 4.54. The topological polar surface area (TPSA) is 41.6 Å². The molecule has 0 heterocycles. The molecule has 0 radical (unpaired) electrons. The first-order valence-electron chi connectivity index (χ1n) is 9.09. The number of nitrogens with two attached hydrogens (primary N) is 1. The van der Waals surface area contributed by atoms with Crippen molar-refractivity contribution in [1.82, 2.24) is 0 Å². The second-order valence-electron chi connectivity index (χ2n) is 6.14. The van der Waals surface area contributed by atoms with E-state index in [1.807, 2.05) is 71.9 Å². The van der Waals surface area contributed by atoms with Gasteiger partial charge in [0, 0.05) is 11.3 Å². The zero-order valence-electron chi connectivity index (χ0n) is 15.4. The molecule has 3 nitrogen and oxygen atoms in total. The molecule has 0 atom stereocenters. The lowest BCUT2D eigenvalue weighted by Crippen LogP contribution is -2.10. The molecule has 0 saturated carbocycles. The van der Waals surface area contributed by atoms with Crippen LogP contribution < -0.4 is 10.7 Å². The van der Waals surface area contributed by atoms with Crippen LogP contribution in [0.25, 0.3) is 0 Å². The average molecular weight is 343 g/mol. The Kier molecular flexibility index (Phi) is 5.69. The summed E-state index contributed by atoms with van der Waals surface area (Å²) in [5.41, 5.74) is 12.8. The monoisotopic (exact) mass is 343 g/mol. The zero-order chi connectivity index (χ0) is 18.4. The number of para-hydroxylation sites is 2. The number of benzene rings is 3. The number of hydrogen-bond acceptors (Lipinski definition) is 3. The maximum Gasteiger partial charge on any atom is 0.0652 e. The van der Waals surface area contributed by atoms with Gasteiger partial charge in [0.25, 0.3) is 0 Å². The lowest BCUT2D eigenvalue weighted by Gasteiger charge is -2.19. The van der Waals surface area contributed by atoms with E-state index in [4.69, 9.17) is 10.8 Å². The van der Waals surface area contributed by atoms with Gasteiger partial charge in [0.1, 0.15) is 0 Å². The third kappa shape index (κ3) is 3.77. The predicted octanol–water partition coefficient (Wildman–Crippen LogP) is 5.57. The molecule has 3 aromatic carbocycles. The van der Waals surface area contributed by atoms with Crippen molar-refractivity contribution in [2.45, 2.75) is 26.7 Å². The molecule has 0 saturated heterocycles. The fourth-order valence-electron chi connectivity index (χ4n) is 3.13. The molecule has 26 heavy (non-hydrogen) atoms. The molecule has 0 aliphatic heterocycles. The molecule has 0 unspecified atom stereocenters. The first-order chi connectivity index (χ1) is 12.7. The van der Waals surface area contributed by atoms with E-state index < -0.39 is 0 Å². The van der Waals surface area contributed by atoms with Gasteiger partial charge in [-0.15, -0.1) is 0 Å². The average Bonchev–Trinajstić information content (AvgIpc) is 2.70. The molecule has 0 spiro atoms. The number of rotatable bonds is 6. The predicted molar refractivity (Wildman–Crippen MR) is 112 cm³/mol. The Morgan fingerprint density at radius 3 is 1.88 bits per heavy atom. The van der Waals surface area contributed by atoms with Crippen LogP contribution in [0.15, 0.2) is 77.9 Å². The van der Waals surface area contributed by atoms with Crippen molar-refractivity contribution >= 4 is 23.3 Å². The molecule has 132 valence electrons. The quantitative estimate of drug-likeness (QED) is 0.361. The molecule has 0 aliphatic carbocycles. The maximum atomic E-state index is 6.42. The summed E-state index contributed by atoms with van der Waals surface area (Å²) in [5.74, 6) is 0. The minimum Gasteiger partial charge on any atom is -0.398 e. The van der Waals surface area contributed by atoms with Gasteiger partial charge in [-0.2, -0.15) is 5.10 Å². The fraction of sp³-hybridized carbons (Fsp3) is 0.174. The Balaban J connectivity index is 2.00. The summed E-state index contributed by atoms with van der Waals surface area (Å²) in [6.45, 7) is 4.31. The normalized spacial score (nSPS) is 11.0. The summed E-state index contributed by atoms with van der Waals surface area (Å²) in [4.78, 5) is 0. The van der Waals surface area contributed by atoms with Crippen molar-refractivity contribution in [1.29, 1.82) is 0 Å². The van der Waals surface area contributed by atoms with Crippen molar-refractivity contribution in [3.05, 3.63) is 89.5 Å². The Labute approximate surface area is 155 Å². The largest absolute Gasteiger partial charge is 0.398 e. The van der Waals surface area contributed by atoms with E-state index >= 15 is 0 Å². The number of hydrazone groups is 1. The van der Waals surface area contributed by atoms with E-state index in [0.717, 1.165) is 35.5 Å². The van der Waals surface area contributed by atoms with E-state index in [0.29, 0.717) is 0 Å². The summed E-state index contributed by atoms with van der Waals surface area (Å²) in [5, 5.41) is 6.68. The Morgan fingerprint density at radius 2 is 1.38 bits per heavy atom. The number of nitrogen functional groups attached to an aromatic ring is 1. The number of aryl methyl sites for hydroxylation is 1. The van der Waals surface area contributed by atoms with E-state index in [9.17, 15) is 0 Å². The molecule has 3 aromatic rings. The first kappa shape index (κ1) is 17.7. The Morgan fingerprint density at radius 1 is 0.808 bits per heavy atom. The minimum absolute atomic E-state index is 0.830. The molecular weight excluding hydrogens is 318 g/mol. The van der Waals surface area contributed by atoms with Crippen molar-refractivity contribution < 1.29 is 0 Å². The van der Waals surface area contributed by atoms with Crippen LogP contribution in [0, 0.1) is 0 Å². The van der Waals surface area contributed by atoms with Gasteiger partial charge in [-0.3, -0.25) is 0 Å². The second kappa shape index (κ2) is 8.34. The Hall–Kier alpha value is -3.07. The van der Waals surface area contributed by atoms with Crippen LogP contribution in [-0.2, 0) is 12.8 Å². The van der Waals surface area contributed by atoms with Gasteiger partial charge in [0.05, 0.1) is 17.6 Å². The lowest BCUT2D eigenvalue weighted by molar-refractivity contribution is 1.04. The van der Waals surface area contributed by atoms with Gasteiger partial charge >= 0.3 is 0 Å². The lowest BCUT2D eigenvalue weighted by atomic mass is 9.98. The summed E-state index contributed by atoms with van der Waals surface area (Å²) in [6, 6.07) is 24.5. The highest BCUT2D eigenvalue weighted by Crippen LogP contribution is 2.26. The van der Waals surface area contributed by atoms with Crippen molar-refractivity contribution in [3.8, 4) is 0 Å². The van der Waals surface area contributed by atoms with Crippen LogP contribution in [0.1, 0.15) is 30.5 Å². The molecule has 0 bridgehead atoms. The van der Waals surface area contributed by atoms with Gasteiger partial charge in [-0.1, -0.05) is 62.4 Å². The van der Waals surface area contributed by atoms with Crippen LogP contribution >= 0.6 is 0 Å². The maximum absolute atomic E-state index is 6.42. The summed E-state index contributed by atoms with van der Waals surface area (Å²) in [6.07, 6.45) is 3.77. The van der Waals surface area contributed by atoms with E-state index in [1.54, 1.807) is 0 Å². The van der Waals surface area contributed by atoms with Crippen LogP contribution in [-0.4, -0.2) is 6.21 Å². The summed E-state index contributed by atoms with van der Waals surface area (Å²) < 4.78 is 0. The fourth-order valence-corrected chi connectivity index (χ4v) is 3.13. The van der Waals surface area contributed by atoms with E-state index in [2.05, 4.69) is 26.0 Å². The van der Waals surface area contributed by atoms with Crippen LogP contribution in [0.5, 0.6) is 0 Å². The summed E-state index contributed by atoms with van der Waals surface area (Å²) >= 11 is 0. The van der Waals surface area contributed by atoms with Crippen molar-refractivity contribution in [2.75, 3.05) is 10.7 Å². The minimum atomic E-state index is 0.830. The second-order valence-corrected chi connectivity index (χ2v) is 6.14. The molecule has 3 rings (SSSR count). The smallest absolute Gasteiger partial charge is 0.0652 e. The number of anilines is 3. The van der Waals surface area contributed by atoms with Crippen molar-refractivity contribution in [2.24, 2.45) is 5.10 Å². The highest BCUT2D eigenvalue weighted by Gasteiger charge is 2.09. The third-order valence-electron chi connectivity index (χ3n) is 4.54. The van der Waals surface area contributed by atoms with Crippen LogP contribution in [0.3, 0.4) is 0 Å². The van der Waals surface area contributed by atoms with Gasteiger partial charge in [-0.25, -0.2) is 5.01 Å². The highest BCUT2D eigenvalue weighted by molar-refractivity contribution is 5.89. The Bertz CT molecular complexity index is 831. The molecule has 0 aromatic heterocycles. The molecule has 3 heteroatoms. The molecule has 2 N–H and O–H groups in total. The van der Waals surface area contributed by atoms with E-state index in [-0.39, 0.29) is 0 Å². The van der Waals surface area contributed by atoms with Gasteiger partial charge in [0.15, 0.2) is 0 Å². The zero-order valence-corrected chi connectivity index (χ0v) is 15.4. The van der Waals surface area contributed by atoms with Gasteiger partial charge in [0.2, 0.25) is 0 Å². The molecule has 0 amide bonds. The molecule has 0 aliphatic rings. The molecular formula is C23H25N3. The SMILES string of the molecule is CCc1ccc(C=NN(c2ccccc2)c2ccccc2)c(N)c1CC. The summed E-state index contributed by atoms with van der Waals surface area (Å²) in [7, 11) is 0. The van der Waals surface area contributed by atoms with Crippen molar-refractivity contribution in [3.63, 3.8) is 0 Å². The highest BCUT2D eigenvalue weighted by atomic mass is 15.5. The van der Waals surface area contributed by atoms with Crippen LogP contribution in [0.2, 0.25) is 0 Å². The number of nitrogens with zero attached hydrogens (tertiary/aromatic N) is 2. The molecule has 0 fully saturated rings. The van der Waals surface area contributed by atoms with Gasteiger partial charge < -0.3 is 5.73 Å².